The van der Waals surface area contributed by atoms with Gasteiger partial charge in [-0.25, -0.2) is 0 Å². The molecule has 0 N–H and O–H groups in total. The lowest BCUT2D eigenvalue weighted by Crippen LogP contribution is -2.28. The van der Waals surface area contributed by atoms with Gasteiger partial charge in [0, 0.05) is 43.5 Å². The highest BCUT2D eigenvalue weighted by Crippen LogP contribution is 2.19. The van der Waals surface area contributed by atoms with Crippen LogP contribution in [0.1, 0.15) is 16.2 Å². The van der Waals surface area contributed by atoms with Gasteiger partial charge in [-0.2, -0.15) is 0 Å². The van der Waals surface area contributed by atoms with Crippen molar-refractivity contribution in [1.29, 1.82) is 0 Å². The minimum absolute atomic E-state index is 0.185. The van der Waals surface area contributed by atoms with E-state index in [0.29, 0.717) is 18.7 Å². The van der Waals surface area contributed by atoms with Crippen molar-refractivity contribution >= 4 is 5.91 Å². The molecule has 0 bridgehead atoms. The molecule has 0 unspecified atom stereocenters. The summed E-state index contributed by atoms with van der Waals surface area (Å²) in [6, 6.07) is 17.1. The van der Waals surface area contributed by atoms with Crippen molar-refractivity contribution in [2.24, 2.45) is 0 Å². The van der Waals surface area contributed by atoms with Crippen molar-refractivity contribution in [2.75, 3.05) is 13.6 Å². The fraction of sp³-hybridized carbons (Fsp3) is 0.167. The summed E-state index contributed by atoms with van der Waals surface area (Å²) >= 11 is 0. The summed E-state index contributed by atoms with van der Waals surface area (Å²) in [7, 11) is 1.75. The van der Waals surface area contributed by atoms with Crippen LogP contribution in [0, 0.1) is 0 Å². The molecule has 0 spiro atoms. The van der Waals surface area contributed by atoms with E-state index < -0.39 is 0 Å². The fourth-order valence-electron chi connectivity index (χ4n) is 2.24. The van der Waals surface area contributed by atoms with Crippen molar-refractivity contribution in [3.05, 3.63) is 72.2 Å². The Bertz CT molecular complexity index is 769. The Labute approximate surface area is 134 Å². The van der Waals surface area contributed by atoms with Gasteiger partial charge in [0.15, 0.2) is 0 Å². The summed E-state index contributed by atoms with van der Waals surface area (Å²) in [5, 5.41) is 3.97. The van der Waals surface area contributed by atoms with Gasteiger partial charge in [0.1, 0.15) is 5.69 Å². The number of likely N-dealkylation sites (N-methyl/N-ethyl adjacent to an activating group) is 1. The molecule has 23 heavy (non-hydrogen) atoms. The Morgan fingerprint density at radius 1 is 1.13 bits per heavy atom. The first-order valence-electron chi connectivity index (χ1n) is 7.41. The zero-order valence-corrected chi connectivity index (χ0v) is 12.8. The van der Waals surface area contributed by atoms with E-state index in [1.165, 1.54) is 0 Å². The first-order valence-corrected chi connectivity index (χ1v) is 7.41. The second kappa shape index (κ2) is 6.87. The molecule has 2 heterocycles. The van der Waals surface area contributed by atoms with E-state index in [4.69, 9.17) is 4.52 Å². The molecule has 0 aliphatic rings. The zero-order chi connectivity index (χ0) is 16.1. The van der Waals surface area contributed by atoms with E-state index in [0.717, 1.165) is 11.3 Å². The third kappa shape index (κ3) is 3.63. The summed E-state index contributed by atoms with van der Waals surface area (Å²) in [4.78, 5) is 18.3. The third-order valence-corrected chi connectivity index (χ3v) is 3.57. The number of amides is 1. The van der Waals surface area contributed by atoms with Crippen molar-refractivity contribution < 1.29 is 9.32 Å². The van der Waals surface area contributed by atoms with Crippen LogP contribution in [0.3, 0.4) is 0 Å². The lowest BCUT2D eigenvalue weighted by atomic mass is 10.1. The topological polar surface area (TPSA) is 59.2 Å². The Kier molecular flexibility index (Phi) is 4.47. The van der Waals surface area contributed by atoms with E-state index in [-0.39, 0.29) is 11.7 Å². The predicted molar refractivity (Wildman–Crippen MR) is 86.8 cm³/mol. The first-order chi connectivity index (χ1) is 11.2. The Balaban J connectivity index is 1.65. The predicted octanol–water partition coefficient (Wildman–Crippen LogP) is 3.05. The molecule has 0 saturated carbocycles. The monoisotopic (exact) mass is 307 g/mol. The summed E-state index contributed by atoms with van der Waals surface area (Å²) in [5.74, 6) is 0.0583. The molecule has 0 atom stereocenters. The second-order valence-electron chi connectivity index (χ2n) is 5.24. The maximum absolute atomic E-state index is 12.4. The maximum atomic E-state index is 12.4. The average Bonchev–Trinajstić information content (AvgIpc) is 3.11. The Morgan fingerprint density at radius 2 is 1.91 bits per heavy atom. The van der Waals surface area contributed by atoms with Crippen molar-refractivity contribution in [1.82, 2.24) is 15.0 Å². The molecule has 3 rings (SSSR count). The van der Waals surface area contributed by atoms with Crippen LogP contribution < -0.4 is 0 Å². The minimum Gasteiger partial charge on any atom is -0.350 e. The van der Waals surface area contributed by atoms with E-state index in [9.17, 15) is 4.79 Å². The molecule has 1 amide bonds. The molecule has 0 saturated heterocycles. The molecule has 116 valence electrons. The third-order valence-electron chi connectivity index (χ3n) is 3.57. The summed E-state index contributed by atoms with van der Waals surface area (Å²) in [6.07, 6.45) is 2.45. The van der Waals surface area contributed by atoms with Crippen LogP contribution in [0.4, 0.5) is 0 Å². The van der Waals surface area contributed by atoms with Crippen LogP contribution in [0.5, 0.6) is 0 Å². The second-order valence-corrected chi connectivity index (χ2v) is 5.24. The van der Waals surface area contributed by atoms with Crippen LogP contribution in [-0.4, -0.2) is 34.5 Å². The van der Waals surface area contributed by atoms with Crippen LogP contribution in [0.2, 0.25) is 0 Å². The lowest BCUT2D eigenvalue weighted by Gasteiger charge is -2.14. The van der Waals surface area contributed by atoms with E-state index in [2.05, 4.69) is 10.1 Å². The number of hydrogen-bond acceptors (Lipinski definition) is 4. The number of carbonyl (C=O) groups is 1. The number of rotatable bonds is 5. The quantitative estimate of drug-likeness (QED) is 0.727. The highest BCUT2D eigenvalue weighted by atomic mass is 16.5. The summed E-state index contributed by atoms with van der Waals surface area (Å²) in [6.45, 7) is 0.567. The molecule has 0 radical (unpaired) electrons. The number of aromatic nitrogens is 2. The molecule has 1 aromatic carbocycles. The van der Waals surface area contributed by atoms with Crippen LogP contribution in [-0.2, 0) is 6.42 Å². The van der Waals surface area contributed by atoms with E-state index >= 15 is 0 Å². The molecule has 0 aliphatic heterocycles. The Hall–Kier alpha value is -2.95. The van der Waals surface area contributed by atoms with Gasteiger partial charge in [0.05, 0.1) is 0 Å². The normalized spacial score (nSPS) is 10.5. The smallest absolute Gasteiger partial charge is 0.292 e. The molecule has 3 aromatic rings. The van der Waals surface area contributed by atoms with Gasteiger partial charge in [0.25, 0.3) is 5.91 Å². The SMILES string of the molecule is CN(CCc1ccccn1)C(=O)c1cc(-c2ccccc2)no1. The van der Waals surface area contributed by atoms with Gasteiger partial charge in [-0.3, -0.25) is 9.78 Å². The highest BCUT2D eigenvalue weighted by Gasteiger charge is 2.18. The molecule has 2 aromatic heterocycles. The van der Waals surface area contributed by atoms with Gasteiger partial charge in [-0.05, 0) is 12.1 Å². The van der Waals surface area contributed by atoms with Crippen molar-refractivity contribution in [2.45, 2.75) is 6.42 Å². The number of benzene rings is 1. The van der Waals surface area contributed by atoms with Crippen molar-refractivity contribution in [3.8, 4) is 11.3 Å². The highest BCUT2D eigenvalue weighted by molar-refractivity contribution is 5.92. The molecular weight excluding hydrogens is 290 g/mol. The standard InChI is InChI=1S/C18H17N3O2/c1-21(12-10-15-9-5-6-11-19-15)18(22)17-13-16(20-23-17)14-7-3-2-4-8-14/h2-9,11,13H,10,12H2,1H3. The number of carbonyl (C=O) groups excluding carboxylic acids is 1. The van der Waals surface area contributed by atoms with E-state index in [1.807, 2.05) is 48.5 Å². The molecule has 0 aliphatic carbocycles. The Morgan fingerprint density at radius 3 is 2.65 bits per heavy atom. The van der Waals surface area contributed by atoms with Crippen LogP contribution in [0.25, 0.3) is 11.3 Å². The van der Waals surface area contributed by atoms with Crippen LogP contribution >= 0.6 is 0 Å². The lowest BCUT2D eigenvalue weighted by molar-refractivity contribution is 0.0755. The average molecular weight is 307 g/mol. The van der Waals surface area contributed by atoms with Gasteiger partial charge < -0.3 is 9.42 Å². The fourth-order valence-corrected chi connectivity index (χ4v) is 2.24. The van der Waals surface area contributed by atoms with Crippen molar-refractivity contribution in [3.63, 3.8) is 0 Å². The molecule has 5 nitrogen and oxygen atoms in total. The van der Waals surface area contributed by atoms with Gasteiger partial charge in [-0.15, -0.1) is 0 Å². The van der Waals surface area contributed by atoms with Gasteiger partial charge in [0.2, 0.25) is 5.76 Å². The molecular formula is C18H17N3O2. The zero-order valence-electron chi connectivity index (χ0n) is 12.8. The molecule has 0 fully saturated rings. The maximum Gasteiger partial charge on any atom is 0.292 e. The number of pyridine rings is 1. The summed E-state index contributed by atoms with van der Waals surface area (Å²) < 4.78 is 5.20. The van der Waals surface area contributed by atoms with Gasteiger partial charge >= 0.3 is 0 Å². The number of hydrogen-bond donors (Lipinski definition) is 0. The van der Waals surface area contributed by atoms with Crippen LogP contribution in [0.15, 0.2) is 65.3 Å². The number of nitrogens with zero attached hydrogens (tertiary/aromatic N) is 3. The minimum atomic E-state index is -0.185. The summed E-state index contributed by atoms with van der Waals surface area (Å²) in [5.41, 5.74) is 2.54. The first kappa shape index (κ1) is 15.0. The molecule has 5 heteroatoms. The largest absolute Gasteiger partial charge is 0.350 e. The van der Waals surface area contributed by atoms with Gasteiger partial charge in [-0.1, -0.05) is 41.6 Å². The van der Waals surface area contributed by atoms with E-state index in [1.54, 1.807) is 24.2 Å².